The van der Waals surface area contributed by atoms with Gasteiger partial charge in [0.05, 0.1) is 4.90 Å². The van der Waals surface area contributed by atoms with Crippen LogP contribution in [0.1, 0.15) is 6.42 Å². The van der Waals surface area contributed by atoms with Crippen LogP contribution in [0.2, 0.25) is 5.02 Å². The van der Waals surface area contributed by atoms with E-state index in [0.29, 0.717) is 18.2 Å². The molecule has 23 heavy (non-hydrogen) atoms. The molecule has 130 valence electrons. The summed E-state index contributed by atoms with van der Waals surface area (Å²) >= 11 is 5.78. The van der Waals surface area contributed by atoms with E-state index in [9.17, 15) is 13.2 Å². The van der Waals surface area contributed by atoms with E-state index < -0.39 is 10.0 Å². The smallest absolute Gasteiger partial charge is 0.317 e. The molecular formula is C14H22ClN3O4S. The third kappa shape index (κ3) is 7.17. The molecule has 2 N–H and O–H groups in total. The fourth-order valence-electron chi connectivity index (χ4n) is 1.75. The van der Waals surface area contributed by atoms with Crippen molar-refractivity contribution >= 4 is 27.7 Å². The molecular weight excluding hydrogens is 342 g/mol. The van der Waals surface area contributed by atoms with Gasteiger partial charge in [0.15, 0.2) is 0 Å². The third-order valence-corrected chi connectivity index (χ3v) is 4.68. The first kappa shape index (κ1) is 19.7. The second kappa shape index (κ2) is 9.71. The maximum absolute atomic E-state index is 12.0. The molecule has 0 unspecified atom stereocenters. The Morgan fingerprint density at radius 3 is 2.74 bits per heavy atom. The van der Waals surface area contributed by atoms with Gasteiger partial charge in [-0.25, -0.2) is 17.9 Å². The van der Waals surface area contributed by atoms with Crippen LogP contribution in [0.4, 0.5) is 4.79 Å². The summed E-state index contributed by atoms with van der Waals surface area (Å²) in [6, 6.07) is 5.72. The second-order valence-corrected chi connectivity index (χ2v) is 7.06. The van der Waals surface area contributed by atoms with Gasteiger partial charge >= 0.3 is 6.03 Å². The van der Waals surface area contributed by atoms with E-state index in [-0.39, 0.29) is 24.0 Å². The molecule has 9 heteroatoms. The molecule has 1 aromatic carbocycles. The van der Waals surface area contributed by atoms with Gasteiger partial charge in [0.2, 0.25) is 10.0 Å². The van der Waals surface area contributed by atoms with Gasteiger partial charge in [-0.15, -0.1) is 0 Å². The van der Waals surface area contributed by atoms with Gasteiger partial charge in [-0.05, 0) is 24.6 Å². The van der Waals surface area contributed by atoms with Crippen molar-refractivity contribution in [2.75, 3.05) is 40.4 Å². The van der Waals surface area contributed by atoms with E-state index in [2.05, 4.69) is 10.0 Å². The minimum Gasteiger partial charge on any atom is -0.385 e. The molecule has 0 saturated carbocycles. The summed E-state index contributed by atoms with van der Waals surface area (Å²) in [5.41, 5.74) is 0. The number of urea groups is 1. The van der Waals surface area contributed by atoms with Crippen LogP contribution in [0.5, 0.6) is 0 Å². The zero-order chi connectivity index (χ0) is 17.3. The van der Waals surface area contributed by atoms with Crippen LogP contribution in [-0.2, 0) is 14.8 Å². The summed E-state index contributed by atoms with van der Waals surface area (Å²) in [6.07, 6.45) is 0.738. The van der Waals surface area contributed by atoms with Crippen molar-refractivity contribution in [3.05, 3.63) is 29.3 Å². The number of methoxy groups -OCH3 is 1. The summed E-state index contributed by atoms with van der Waals surface area (Å²) in [7, 11) is -0.363. The Balaban J connectivity index is 2.35. The largest absolute Gasteiger partial charge is 0.385 e. The Morgan fingerprint density at radius 2 is 2.09 bits per heavy atom. The first-order chi connectivity index (χ1) is 10.9. The molecule has 2 amide bonds. The number of nitrogens with one attached hydrogen (secondary N) is 2. The monoisotopic (exact) mass is 363 g/mol. The zero-order valence-corrected chi connectivity index (χ0v) is 14.8. The highest BCUT2D eigenvalue weighted by molar-refractivity contribution is 7.89. The van der Waals surface area contributed by atoms with Gasteiger partial charge in [0.1, 0.15) is 0 Å². The normalized spacial score (nSPS) is 11.3. The van der Waals surface area contributed by atoms with Crippen molar-refractivity contribution in [2.24, 2.45) is 0 Å². The van der Waals surface area contributed by atoms with Crippen molar-refractivity contribution in [2.45, 2.75) is 11.3 Å². The number of sulfonamides is 1. The van der Waals surface area contributed by atoms with Crippen LogP contribution in [-0.4, -0.2) is 59.7 Å². The fourth-order valence-corrected chi connectivity index (χ4v) is 3.09. The molecule has 0 aliphatic carbocycles. The highest BCUT2D eigenvalue weighted by Gasteiger charge is 2.14. The Kier molecular flexibility index (Phi) is 8.32. The number of hydrogen-bond donors (Lipinski definition) is 2. The lowest BCUT2D eigenvalue weighted by atomic mass is 10.4. The van der Waals surface area contributed by atoms with Crippen molar-refractivity contribution in [1.82, 2.24) is 14.9 Å². The van der Waals surface area contributed by atoms with Crippen molar-refractivity contribution in [1.29, 1.82) is 0 Å². The zero-order valence-electron chi connectivity index (χ0n) is 13.2. The highest BCUT2D eigenvalue weighted by atomic mass is 35.5. The predicted molar refractivity (Wildman–Crippen MR) is 89.2 cm³/mol. The maximum Gasteiger partial charge on any atom is 0.317 e. The van der Waals surface area contributed by atoms with E-state index in [4.69, 9.17) is 16.3 Å². The van der Waals surface area contributed by atoms with Crippen LogP contribution in [0.15, 0.2) is 29.2 Å². The highest BCUT2D eigenvalue weighted by Crippen LogP contribution is 2.14. The Morgan fingerprint density at radius 1 is 1.35 bits per heavy atom. The van der Waals surface area contributed by atoms with E-state index in [1.807, 2.05) is 0 Å². The first-order valence-electron chi connectivity index (χ1n) is 7.10. The summed E-state index contributed by atoms with van der Waals surface area (Å²) in [5.74, 6) is 0. The summed E-state index contributed by atoms with van der Waals surface area (Å²) in [4.78, 5) is 13.4. The third-order valence-electron chi connectivity index (χ3n) is 2.99. The summed E-state index contributed by atoms with van der Waals surface area (Å²) in [5, 5.41) is 2.98. The van der Waals surface area contributed by atoms with Crippen LogP contribution in [0.3, 0.4) is 0 Å². The number of halogens is 1. The molecule has 0 aromatic heterocycles. The Bertz CT molecular complexity index is 610. The molecule has 0 bridgehead atoms. The van der Waals surface area contributed by atoms with Gasteiger partial charge in [-0.2, -0.15) is 0 Å². The van der Waals surface area contributed by atoms with Gasteiger partial charge < -0.3 is 15.0 Å². The fraction of sp³-hybridized carbons (Fsp3) is 0.500. The van der Waals surface area contributed by atoms with Crippen molar-refractivity contribution in [3.63, 3.8) is 0 Å². The topological polar surface area (TPSA) is 87.7 Å². The number of rotatable bonds is 9. The molecule has 7 nitrogen and oxygen atoms in total. The maximum atomic E-state index is 12.0. The van der Waals surface area contributed by atoms with E-state index in [1.165, 1.54) is 17.0 Å². The second-order valence-electron chi connectivity index (χ2n) is 4.85. The number of hydrogen-bond acceptors (Lipinski definition) is 4. The standard InChI is InChI=1S/C14H22ClN3O4S/c1-18(9-4-10-22-2)14(19)16-7-8-17-23(20,21)13-6-3-5-12(15)11-13/h3,5-6,11,17H,4,7-10H2,1-2H3,(H,16,19). The predicted octanol–water partition coefficient (Wildman–Crippen LogP) is 1.30. The van der Waals surface area contributed by atoms with E-state index in [0.717, 1.165) is 6.42 Å². The quantitative estimate of drug-likeness (QED) is 0.647. The molecule has 0 radical (unpaired) electrons. The van der Waals surface area contributed by atoms with Gasteiger partial charge in [0, 0.05) is 45.4 Å². The molecule has 0 aliphatic rings. The molecule has 0 atom stereocenters. The molecule has 0 fully saturated rings. The van der Waals surface area contributed by atoms with Crippen LogP contribution in [0.25, 0.3) is 0 Å². The average molecular weight is 364 g/mol. The molecule has 0 saturated heterocycles. The minimum absolute atomic E-state index is 0.0898. The van der Waals surface area contributed by atoms with E-state index >= 15 is 0 Å². The lowest BCUT2D eigenvalue weighted by molar-refractivity contribution is 0.175. The summed E-state index contributed by atoms with van der Waals surface area (Å²) in [6.45, 7) is 1.42. The molecule has 1 rings (SSSR count). The van der Waals surface area contributed by atoms with Gasteiger partial charge in [-0.1, -0.05) is 17.7 Å². The molecule has 0 heterocycles. The lowest BCUT2D eigenvalue weighted by Crippen LogP contribution is -2.41. The summed E-state index contributed by atoms with van der Waals surface area (Å²) < 4.78 is 31.4. The van der Waals surface area contributed by atoms with Crippen molar-refractivity contribution < 1.29 is 17.9 Å². The number of ether oxygens (including phenoxy) is 1. The average Bonchev–Trinajstić information content (AvgIpc) is 2.51. The number of benzene rings is 1. The SMILES string of the molecule is COCCCN(C)C(=O)NCCNS(=O)(=O)c1cccc(Cl)c1. The molecule has 0 aliphatic heterocycles. The van der Waals surface area contributed by atoms with Crippen molar-refractivity contribution in [3.8, 4) is 0 Å². The van der Waals surface area contributed by atoms with E-state index in [1.54, 1.807) is 26.3 Å². The number of carbonyl (C=O) groups is 1. The van der Waals surface area contributed by atoms with Gasteiger partial charge in [-0.3, -0.25) is 0 Å². The van der Waals surface area contributed by atoms with Crippen LogP contribution in [0, 0.1) is 0 Å². The van der Waals surface area contributed by atoms with Crippen LogP contribution >= 0.6 is 11.6 Å². The number of carbonyl (C=O) groups excluding carboxylic acids is 1. The Hall–Kier alpha value is -1.35. The Labute approximate surface area is 142 Å². The number of amides is 2. The van der Waals surface area contributed by atoms with Crippen LogP contribution < -0.4 is 10.0 Å². The lowest BCUT2D eigenvalue weighted by Gasteiger charge is -2.17. The molecule has 0 spiro atoms. The minimum atomic E-state index is -3.63. The first-order valence-corrected chi connectivity index (χ1v) is 8.96. The molecule has 1 aromatic rings. The van der Waals surface area contributed by atoms with Gasteiger partial charge in [0.25, 0.3) is 0 Å². The number of nitrogens with zero attached hydrogens (tertiary/aromatic N) is 1.